The highest BCUT2D eigenvalue weighted by Crippen LogP contribution is 2.21. The average molecular weight is 348 g/mol. The number of carbonyl (C=O) groups is 1. The maximum atomic E-state index is 12.5. The number of nitrogens with zero attached hydrogens (tertiary/aromatic N) is 3. The Balaban J connectivity index is 1.74. The lowest BCUT2D eigenvalue weighted by atomic mass is 10.2. The van der Waals surface area contributed by atoms with Gasteiger partial charge >= 0.3 is 6.03 Å². The van der Waals surface area contributed by atoms with Crippen molar-refractivity contribution in [1.29, 1.82) is 0 Å². The fourth-order valence-electron chi connectivity index (χ4n) is 2.35. The minimum Gasteiger partial charge on any atom is -0.399 e. The van der Waals surface area contributed by atoms with E-state index in [0.29, 0.717) is 23.0 Å². The van der Waals surface area contributed by atoms with Gasteiger partial charge in [-0.1, -0.05) is 24.3 Å². The Morgan fingerprint density at radius 2 is 1.85 bits per heavy atom. The minimum atomic E-state index is -0.317. The number of anilines is 5. The molecule has 2 amide bonds. The molecule has 0 saturated carbocycles. The van der Waals surface area contributed by atoms with Gasteiger partial charge < -0.3 is 16.4 Å². The first-order chi connectivity index (χ1) is 12.5. The van der Waals surface area contributed by atoms with Crippen molar-refractivity contribution in [2.45, 2.75) is 6.92 Å². The number of urea groups is 1. The molecule has 1 heterocycles. The molecule has 0 spiro atoms. The molecule has 0 atom stereocenters. The van der Waals surface area contributed by atoms with E-state index in [1.807, 2.05) is 43.3 Å². The van der Waals surface area contributed by atoms with Crippen LogP contribution >= 0.6 is 0 Å². The van der Waals surface area contributed by atoms with Gasteiger partial charge in [0.15, 0.2) is 0 Å². The Labute approximate surface area is 151 Å². The number of rotatable bonds is 4. The molecule has 1 aromatic heterocycles. The van der Waals surface area contributed by atoms with Crippen LogP contribution in [0, 0.1) is 6.92 Å². The molecule has 2 aromatic carbocycles. The fourth-order valence-corrected chi connectivity index (χ4v) is 2.35. The van der Waals surface area contributed by atoms with Crippen LogP contribution in [0.2, 0.25) is 0 Å². The number of aryl methyl sites for hydroxylation is 1. The van der Waals surface area contributed by atoms with Crippen LogP contribution < -0.4 is 21.3 Å². The van der Waals surface area contributed by atoms with E-state index < -0.39 is 0 Å². The van der Waals surface area contributed by atoms with E-state index in [4.69, 9.17) is 5.73 Å². The number of nitrogens with one attached hydrogen (secondary N) is 2. The zero-order valence-corrected chi connectivity index (χ0v) is 14.6. The standard InChI is InChI=1S/C19H20N6O/c1-13-8-9-14(20)10-16(13)24-19(26)25(2)18-11-17(21-12-22-18)23-15-6-4-3-5-7-15/h3-12H,20H2,1-2H3,(H,24,26)(H,21,22,23). The number of nitrogens with two attached hydrogens (primary N) is 1. The molecule has 0 fully saturated rings. The summed E-state index contributed by atoms with van der Waals surface area (Å²) in [6.45, 7) is 1.90. The molecule has 0 radical (unpaired) electrons. The molecule has 3 aromatic rings. The predicted octanol–water partition coefficient (Wildman–Crippen LogP) is 3.78. The minimum absolute atomic E-state index is 0.317. The van der Waals surface area contributed by atoms with Gasteiger partial charge in [0.1, 0.15) is 18.0 Å². The molecule has 0 bridgehead atoms. The number of benzene rings is 2. The van der Waals surface area contributed by atoms with Crippen LogP contribution in [0.15, 0.2) is 60.9 Å². The molecule has 0 aliphatic rings. The molecule has 0 saturated heterocycles. The summed E-state index contributed by atoms with van der Waals surface area (Å²) in [7, 11) is 1.64. The smallest absolute Gasteiger partial charge is 0.327 e. The van der Waals surface area contributed by atoms with Crippen molar-refractivity contribution < 1.29 is 4.79 Å². The van der Waals surface area contributed by atoms with Crippen molar-refractivity contribution in [3.8, 4) is 0 Å². The molecule has 7 heteroatoms. The van der Waals surface area contributed by atoms with Crippen molar-refractivity contribution in [1.82, 2.24) is 9.97 Å². The van der Waals surface area contributed by atoms with Crippen LogP contribution in [0.5, 0.6) is 0 Å². The number of hydrogen-bond acceptors (Lipinski definition) is 5. The first-order valence-electron chi connectivity index (χ1n) is 8.08. The number of carbonyl (C=O) groups excluding carboxylic acids is 1. The first-order valence-corrected chi connectivity index (χ1v) is 8.08. The number of para-hydroxylation sites is 1. The van der Waals surface area contributed by atoms with Gasteiger partial charge in [-0.2, -0.15) is 0 Å². The molecule has 7 nitrogen and oxygen atoms in total. The third-order valence-corrected chi connectivity index (χ3v) is 3.85. The van der Waals surface area contributed by atoms with Gasteiger partial charge in [0.2, 0.25) is 0 Å². The zero-order valence-electron chi connectivity index (χ0n) is 14.6. The van der Waals surface area contributed by atoms with E-state index in [2.05, 4.69) is 20.6 Å². The van der Waals surface area contributed by atoms with E-state index in [9.17, 15) is 4.79 Å². The van der Waals surface area contributed by atoms with E-state index in [1.165, 1.54) is 11.2 Å². The van der Waals surface area contributed by atoms with Crippen molar-refractivity contribution in [2.75, 3.05) is 28.3 Å². The Hall–Kier alpha value is -3.61. The molecule has 26 heavy (non-hydrogen) atoms. The number of amides is 2. The summed E-state index contributed by atoms with van der Waals surface area (Å²) >= 11 is 0. The van der Waals surface area contributed by atoms with Gasteiger partial charge in [-0.25, -0.2) is 14.8 Å². The normalized spacial score (nSPS) is 10.2. The molecule has 0 aliphatic carbocycles. The van der Waals surface area contributed by atoms with Crippen molar-refractivity contribution in [3.63, 3.8) is 0 Å². The lowest BCUT2D eigenvalue weighted by Crippen LogP contribution is -2.32. The number of hydrogen-bond donors (Lipinski definition) is 3. The summed E-state index contributed by atoms with van der Waals surface area (Å²) in [5, 5.41) is 6.02. The van der Waals surface area contributed by atoms with Crippen LogP contribution in [0.4, 0.5) is 33.5 Å². The maximum Gasteiger partial charge on any atom is 0.327 e. The molecule has 0 unspecified atom stereocenters. The summed E-state index contributed by atoms with van der Waals surface area (Å²) in [4.78, 5) is 22.3. The van der Waals surface area contributed by atoms with Crippen LogP contribution in [0.25, 0.3) is 0 Å². The second-order valence-electron chi connectivity index (χ2n) is 5.82. The van der Waals surface area contributed by atoms with E-state index in [-0.39, 0.29) is 6.03 Å². The second kappa shape index (κ2) is 7.52. The second-order valence-corrected chi connectivity index (χ2v) is 5.82. The Morgan fingerprint density at radius 1 is 1.08 bits per heavy atom. The van der Waals surface area contributed by atoms with Crippen LogP contribution in [0.1, 0.15) is 5.56 Å². The van der Waals surface area contributed by atoms with Crippen LogP contribution in [-0.2, 0) is 0 Å². The van der Waals surface area contributed by atoms with Gasteiger partial charge in [0, 0.05) is 30.2 Å². The van der Waals surface area contributed by atoms with Gasteiger partial charge in [0.05, 0.1) is 0 Å². The fraction of sp³-hybridized carbons (Fsp3) is 0.105. The summed E-state index contributed by atoms with van der Waals surface area (Å²) < 4.78 is 0. The SMILES string of the molecule is Cc1ccc(N)cc1NC(=O)N(C)c1cc(Nc2ccccc2)ncn1. The third kappa shape index (κ3) is 4.07. The topological polar surface area (TPSA) is 96.2 Å². The average Bonchev–Trinajstić information content (AvgIpc) is 2.65. The predicted molar refractivity (Wildman–Crippen MR) is 105 cm³/mol. The van der Waals surface area contributed by atoms with Gasteiger partial charge in [0.25, 0.3) is 0 Å². The lowest BCUT2D eigenvalue weighted by molar-refractivity contribution is 0.258. The number of nitrogen functional groups attached to an aromatic ring is 1. The zero-order chi connectivity index (χ0) is 18.5. The Bertz CT molecular complexity index is 913. The summed E-state index contributed by atoms with van der Waals surface area (Å²) in [6.07, 6.45) is 1.41. The van der Waals surface area contributed by atoms with E-state index >= 15 is 0 Å². The summed E-state index contributed by atoms with van der Waals surface area (Å²) in [5.74, 6) is 1.07. The number of aromatic nitrogens is 2. The Kier molecular flexibility index (Phi) is 4.98. The molecular formula is C19H20N6O. The van der Waals surface area contributed by atoms with Crippen molar-refractivity contribution in [2.24, 2.45) is 0 Å². The summed E-state index contributed by atoms with van der Waals surface area (Å²) in [5.41, 5.74) is 8.87. The van der Waals surface area contributed by atoms with Crippen molar-refractivity contribution >= 4 is 34.7 Å². The first kappa shape index (κ1) is 17.2. The third-order valence-electron chi connectivity index (χ3n) is 3.85. The summed E-state index contributed by atoms with van der Waals surface area (Å²) in [6, 6.07) is 16.4. The highest BCUT2D eigenvalue weighted by atomic mass is 16.2. The van der Waals surface area contributed by atoms with Gasteiger partial charge in [-0.15, -0.1) is 0 Å². The maximum absolute atomic E-state index is 12.5. The Morgan fingerprint density at radius 3 is 2.62 bits per heavy atom. The monoisotopic (exact) mass is 348 g/mol. The van der Waals surface area contributed by atoms with E-state index in [0.717, 1.165) is 11.3 Å². The van der Waals surface area contributed by atoms with Crippen LogP contribution in [0.3, 0.4) is 0 Å². The van der Waals surface area contributed by atoms with E-state index in [1.54, 1.807) is 25.2 Å². The van der Waals surface area contributed by atoms with Gasteiger partial charge in [-0.3, -0.25) is 4.90 Å². The quantitative estimate of drug-likeness (QED) is 0.624. The lowest BCUT2D eigenvalue weighted by Gasteiger charge is -2.18. The van der Waals surface area contributed by atoms with Crippen molar-refractivity contribution in [3.05, 3.63) is 66.5 Å². The molecule has 3 rings (SSSR count). The highest BCUT2D eigenvalue weighted by molar-refractivity contribution is 6.01. The largest absolute Gasteiger partial charge is 0.399 e. The molecule has 0 aliphatic heterocycles. The molecule has 4 N–H and O–H groups in total. The molecular weight excluding hydrogens is 328 g/mol. The molecule has 132 valence electrons. The van der Waals surface area contributed by atoms with Gasteiger partial charge in [-0.05, 0) is 36.8 Å². The van der Waals surface area contributed by atoms with Crippen LogP contribution in [-0.4, -0.2) is 23.0 Å². The highest BCUT2D eigenvalue weighted by Gasteiger charge is 2.14.